The van der Waals surface area contributed by atoms with Gasteiger partial charge in [0, 0.05) is 23.4 Å². The molecule has 0 radical (unpaired) electrons. The van der Waals surface area contributed by atoms with Gasteiger partial charge in [0.15, 0.2) is 0 Å². The van der Waals surface area contributed by atoms with E-state index in [0.717, 1.165) is 23.4 Å². The van der Waals surface area contributed by atoms with Crippen LogP contribution in [0.1, 0.15) is 54.4 Å². The Bertz CT molecular complexity index is 900. The molecule has 0 unspecified atom stereocenters. The molecule has 1 N–H and O–H groups in total. The van der Waals surface area contributed by atoms with Gasteiger partial charge in [0.25, 0.3) is 11.6 Å². The molecule has 144 valence electrons. The number of carbonyl (C=O) groups is 1. The molecular formula is C23H24N2O3. The van der Waals surface area contributed by atoms with E-state index in [4.69, 9.17) is 0 Å². The Hall–Kier alpha value is -2.69. The van der Waals surface area contributed by atoms with Gasteiger partial charge in [-0.1, -0.05) is 18.2 Å². The summed E-state index contributed by atoms with van der Waals surface area (Å²) in [5, 5.41) is 13.8. The summed E-state index contributed by atoms with van der Waals surface area (Å²) < 4.78 is 0. The van der Waals surface area contributed by atoms with E-state index in [1.807, 2.05) is 12.1 Å². The summed E-state index contributed by atoms with van der Waals surface area (Å²) >= 11 is 0. The number of hydrogen-bond acceptors (Lipinski definition) is 3. The van der Waals surface area contributed by atoms with Gasteiger partial charge in [-0.25, -0.2) is 0 Å². The summed E-state index contributed by atoms with van der Waals surface area (Å²) in [6, 6.07) is 14.1. The lowest BCUT2D eigenvalue weighted by Crippen LogP contribution is -2.48. The molecule has 4 bridgehead atoms. The van der Waals surface area contributed by atoms with E-state index in [1.54, 1.807) is 6.07 Å². The van der Waals surface area contributed by atoms with Gasteiger partial charge in [-0.2, -0.15) is 0 Å². The van der Waals surface area contributed by atoms with Gasteiger partial charge < -0.3 is 5.32 Å². The number of hydrogen-bond donors (Lipinski definition) is 1. The highest BCUT2D eigenvalue weighted by Crippen LogP contribution is 2.60. The number of nitrogens with zero attached hydrogens (tertiary/aromatic N) is 1. The topological polar surface area (TPSA) is 72.2 Å². The average Bonchev–Trinajstić information content (AvgIpc) is 2.67. The highest BCUT2D eigenvalue weighted by Gasteiger charge is 2.51. The van der Waals surface area contributed by atoms with Crippen molar-refractivity contribution in [2.24, 2.45) is 17.8 Å². The molecule has 4 aliphatic carbocycles. The van der Waals surface area contributed by atoms with Crippen molar-refractivity contribution in [2.75, 3.05) is 5.32 Å². The Labute approximate surface area is 164 Å². The van der Waals surface area contributed by atoms with Gasteiger partial charge >= 0.3 is 0 Å². The monoisotopic (exact) mass is 376 g/mol. The van der Waals surface area contributed by atoms with Crippen LogP contribution in [0.5, 0.6) is 0 Å². The van der Waals surface area contributed by atoms with Gasteiger partial charge in [-0.05, 0) is 85.5 Å². The van der Waals surface area contributed by atoms with Crippen molar-refractivity contribution in [1.29, 1.82) is 0 Å². The first-order valence-corrected chi connectivity index (χ1v) is 10.2. The summed E-state index contributed by atoms with van der Waals surface area (Å²) in [7, 11) is 0. The number of amides is 1. The number of rotatable bonds is 4. The highest BCUT2D eigenvalue weighted by molar-refractivity contribution is 6.04. The molecule has 4 saturated carbocycles. The summed E-state index contributed by atoms with van der Waals surface area (Å²) in [6.07, 6.45) is 8.24. The van der Waals surface area contributed by atoms with Crippen LogP contribution in [0.4, 0.5) is 11.4 Å². The molecule has 2 aromatic carbocycles. The van der Waals surface area contributed by atoms with E-state index in [1.165, 1.54) is 62.3 Å². The maximum absolute atomic E-state index is 12.5. The fraction of sp³-hybridized carbons (Fsp3) is 0.435. The molecule has 0 aromatic heterocycles. The Morgan fingerprint density at radius 3 is 2.14 bits per heavy atom. The summed E-state index contributed by atoms with van der Waals surface area (Å²) in [6.45, 7) is 0. The van der Waals surface area contributed by atoms with Crippen LogP contribution in [0, 0.1) is 27.9 Å². The van der Waals surface area contributed by atoms with Crippen LogP contribution in [0.25, 0.3) is 0 Å². The predicted molar refractivity (Wildman–Crippen MR) is 107 cm³/mol. The first-order valence-electron chi connectivity index (χ1n) is 10.2. The van der Waals surface area contributed by atoms with Crippen LogP contribution in [0.3, 0.4) is 0 Å². The SMILES string of the molecule is O=C(Nc1ccc(C23CC4CC(CC(C4)C2)C3)cc1)c1cccc([N+](=O)[O-])c1. The number of non-ortho nitro benzene ring substituents is 1. The molecule has 1 amide bonds. The van der Waals surface area contributed by atoms with Gasteiger partial charge in [0.1, 0.15) is 0 Å². The molecule has 0 atom stereocenters. The van der Waals surface area contributed by atoms with E-state index in [2.05, 4.69) is 17.4 Å². The van der Waals surface area contributed by atoms with Crippen molar-refractivity contribution in [3.8, 4) is 0 Å². The minimum atomic E-state index is -0.489. The van der Waals surface area contributed by atoms with Gasteiger partial charge in [0.2, 0.25) is 0 Å². The summed E-state index contributed by atoms with van der Waals surface area (Å²) in [4.78, 5) is 22.9. The number of benzene rings is 2. The van der Waals surface area contributed by atoms with E-state index in [9.17, 15) is 14.9 Å². The lowest BCUT2D eigenvalue weighted by molar-refractivity contribution is -0.384. The van der Waals surface area contributed by atoms with Crippen LogP contribution >= 0.6 is 0 Å². The third-order valence-electron chi connectivity index (χ3n) is 7.11. The normalized spacial score (nSPS) is 30.2. The van der Waals surface area contributed by atoms with Crippen LogP contribution in [0.2, 0.25) is 0 Å². The zero-order valence-electron chi connectivity index (χ0n) is 15.8. The zero-order valence-corrected chi connectivity index (χ0v) is 15.8. The second kappa shape index (κ2) is 6.43. The van der Waals surface area contributed by atoms with Crippen LogP contribution in [-0.2, 0) is 5.41 Å². The lowest BCUT2D eigenvalue weighted by Gasteiger charge is -2.57. The summed E-state index contributed by atoms with van der Waals surface area (Å²) in [5.74, 6) is 2.38. The fourth-order valence-corrected chi connectivity index (χ4v) is 6.34. The average molecular weight is 376 g/mol. The number of nitrogens with one attached hydrogen (secondary N) is 1. The minimum Gasteiger partial charge on any atom is -0.322 e. The van der Waals surface area contributed by atoms with E-state index in [-0.39, 0.29) is 11.6 Å². The maximum atomic E-state index is 12.5. The Balaban J connectivity index is 1.33. The predicted octanol–water partition coefficient (Wildman–Crippen LogP) is 5.31. The molecule has 4 aliphatic rings. The van der Waals surface area contributed by atoms with Crippen molar-refractivity contribution in [3.63, 3.8) is 0 Å². The Kier molecular flexibility index (Phi) is 4.00. The number of nitro groups is 1. The molecule has 28 heavy (non-hydrogen) atoms. The first-order chi connectivity index (χ1) is 13.5. The second-order valence-corrected chi connectivity index (χ2v) is 9.04. The number of carbonyl (C=O) groups excluding carboxylic acids is 1. The van der Waals surface area contributed by atoms with Gasteiger partial charge in [-0.15, -0.1) is 0 Å². The maximum Gasteiger partial charge on any atom is 0.270 e. The van der Waals surface area contributed by atoms with E-state index in [0.29, 0.717) is 11.0 Å². The molecule has 6 rings (SSSR count). The molecule has 5 heteroatoms. The van der Waals surface area contributed by atoms with E-state index >= 15 is 0 Å². The fourth-order valence-electron chi connectivity index (χ4n) is 6.34. The molecule has 2 aromatic rings. The van der Waals surface area contributed by atoms with Gasteiger partial charge in [0.05, 0.1) is 4.92 Å². The lowest BCUT2D eigenvalue weighted by atomic mass is 9.48. The number of nitro benzene ring substituents is 1. The smallest absolute Gasteiger partial charge is 0.270 e. The first kappa shape index (κ1) is 17.4. The molecule has 5 nitrogen and oxygen atoms in total. The van der Waals surface area contributed by atoms with E-state index < -0.39 is 4.92 Å². The van der Waals surface area contributed by atoms with Crippen molar-refractivity contribution < 1.29 is 9.72 Å². The molecular weight excluding hydrogens is 352 g/mol. The van der Waals surface area contributed by atoms with Crippen LogP contribution in [0.15, 0.2) is 48.5 Å². The van der Waals surface area contributed by atoms with Crippen LogP contribution in [-0.4, -0.2) is 10.8 Å². The van der Waals surface area contributed by atoms with Crippen molar-refractivity contribution >= 4 is 17.3 Å². The number of anilines is 1. The van der Waals surface area contributed by atoms with Gasteiger partial charge in [-0.3, -0.25) is 14.9 Å². The quantitative estimate of drug-likeness (QED) is 0.580. The molecule has 0 spiro atoms. The standard InChI is InChI=1S/C23H24N2O3/c26-22(18-2-1-3-21(11-18)25(27)28)24-20-6-4-19(5-7-20)23-12-15-8-16(13-23)10-17(9-15)14-23/h1-7,11,15-17H,8-10,12-14H2,(H,24,26). The van der Waals surface area contributed by atoms with Crippen molar-refractivity contribution in [1.82, 2.24) is 0 Å². The van der Waals surface area contributed by atoms with Crippen molar-refractivity contribution in [3.05, 3.63) is 69.8 Å². The van der Waals surface area contributed by atoms with Crippen LogP contribution < -0.4 is 5.32 Å². The third-order valence-corrected chi connectivity index (χ3v) is 7.11. The molecule has 0 saturated heterocycles. The van der Waals surface area contributed by atoms with Crippen molar-refractivity contribution in [2.45, 2.75) is 43.9 Å². The molecule has 0 heterocycles. The molecule has 0 aliphatic heterocycles. The largest absolute Gasteiger partial charge is 0.322 e. The third kappa shape index (κ3) is 2.99. The highest BCUT2D eigenvalue weighted by atomic mass is 16.6. The molecule has 4 fully saturated rings. The Morgan fingerprint density at radius 1 is 0.964 bits per heavy atom. The Morgan fingerprint density at radius 2 is 1.57 bits per heavy atom. The minimum absolute atomic E-state index is 0.0789. The summed E-state index contributed by atoms with van der Waals surface area (Å²) in [5.41, 5.74) is 2.70. The zero-order chi connectivity index (χ0) is 19.3. The second-order valence-electron chi connectivity index (χ2n) is 9.04.